The van der Waals surface area contributed by atoms with E-state index in [0.717, 1.165) is 0 Å². The first-order valence-electron chi connectivity index (χ1n) is 6.73. The number of carbonyl (C=O) groups excluding carboxylic acids is 2. The fourth-order valence-electron chi connectivity index (χ4n) is 2.47. The van der Waals surface area contributed by atoms with Crippen molar-refractivity contribution in [3.63, 3.8) is 0 Å². The number of piperazine rings is 1. The van der Waals surface area contributed by atoms with Crippen LogP contribution in [0, 0.1) is 5.92 Å². The van der Waals surface area contributed by atoms with E-state index in [0.29, 0.717) is 11.4 Å². The molecule has 2 rings (SSSR count). The molecule has 20 heavy (non-hydrogen) atoms. The van der Waals surface area contributed by atoms with Gasteiger partial charge in [-0.25, -0.2) is 0 Å². The molecule has 1 fully saturated rings. The van der Waals surface area contributed by atoms with Gasteiger partial charge < -0.3 is 10.1 Å². The lowest BCUT2D eigenvalue weighted by Crippen LogP contribution is -2.64. The van der Waals surface area contributed by atoms with E-state index < -0.39 is 12.1 Å². The van der Waals surface area contributed by atoms with Crippen molar-refractivity contribution in [2.75, 3.05) is 12.0 Å². The first-order chi connectivity index (χ1) is 9.45. The highest BCUT2D eigenvalue weighted by Gasteiger charge is 2.41. The van der Waals surface area contributed by atoms with Crippen molar-refractivity contribution >= 4 is 17.5 Å². The van der Waals surface area contributed by atoms with Crippen LogP contribution >= 0.6 is 0 Å². The summed E-state index contributed by atoms with van der Waals surface area (Å²) in [4.78, 5) is 26.2. The normalized spacial score (nSPS) is 22.9. The molecule has 0 bridgehead atoms. The maximum absolute atomic E-state index is 12.5. The van der Waals surface area contributed by atoms with E-state index >= 15 is 0 Å². The highest BCUT2D eigenvalue weighted by molar-refractivity contribution is 6.08. The van der Waals surface area contributed by atoms with Crippen LogP contribution in [0.3, 0.4) is 0 Å². The number of benzene rings is 1. The number of methoxy groups -OCH3 is 1. The van der Waals surface area contributed by atoms with E-state index in [4.69, 9.17) is 4.74 Å². The van der Waals surface area contributed by atoms with Gasteiger partial charge >= 0.3 is 0 Å². The number of ether oxygens (including phenoxy) is 1. The number of nitrogens with zero attached hydrogens (tertiary/aromatic N) is 1. The third-order valence-electron chi connectivity index (χ3n) is 3.48. The Morgan fingerprint density at radius 1 is 1.30 bits per heavy atom. The first-order valence-corrected chi connectivity index (χ1v) is 6.73. The largest absolute Gasteiger partial charge is 0.497 e. The Labute approximate surface area is 118 Å². The van der Waals surface area contributed by atoms with E-state index in [-0.39, 0.29) is 17.7 Å². The van der Waals surface area contributed by atoms with Crippen molar-refractivity contribution in [2.24, 2.45) is 5.92 Å². The second-order valence-corrected chi connectivity index (χ2v) is 5.33. The number of carbonyl (C=O) groups is 2. The summed E-state index contributed by atoms with van der Waals surface area (Å²) < 4.78 is 5.19. The second kappa shape index (κ2) is 5.53. The van der Waals surface area contributed by atoms with Crippen molar-refractivity contribution < 1.29 is 14.3 Å². The summed E-state index contributed by atoms with van der Waals surface area (Å²) in [6, 6.07) is 6.22. The molecular weight excluding hydrogens is 256 g/mol. The van der Waals surface area contributed by atoms with Crippen LogP contribution in [0.5, 0.6) is 5.75 Å². The van der Waals surface area contributed by atoms with Gasteiger partial charge in [-0.3, -0.25) is 14.5 Å². The van der Waals surface area contributed by atoms with E-state index in [1.54, 1.807) is 25.0 Å². The monoisotopic (exact) mass is 276 g/mol. The number of hydrogen-bond donors (Lipinski definition) is 1. The van der Waals surface area contributed by atoms with Gasteiger partial charge in [-0.1, -0.05) is 19.9 Å². The lowest BCUT2D eigenvalue weighted by Gasteiger charge is -2.39. The van der Waals surface area contributed by atoms with E-state index in [2.05, 4.69) is 5.32 Å². The smallest absolute Gasteiger partial charge is 0.250 e. The third-order valence-corrected chi connectivity index (χ3v) is 3.48. The molecule has 108 valence electrons. The highest BCUT2D eigenvalue weighted by atomic mass is 16.5. The molecule has 2 unspecified atom stereocenters. The van der Waals surface area contributed by atoms with Gasteiger partial charge in [-0.05, 0) is 25.0 Å². The Hall–Kier alpha value is -2.04. The van der Waals surface area contributed by atoms with Crippen LogP contribution in [0.25, 0.3) is 0 Å². The van der Waals surface area contributed by atoms with Crippen LogP contribution in [0.4, 0.5) is 5.69 Å². The average Bonchev–Trinajstić information content (AvgIpc) is 2.42. The number of amides is 2. The topological polar surface area (TPSA) is 58.6 Å². The van der Waals surface area contributed by atoms with E-state index in [1.807, 2.05) is 32.0 Å². The van der Waals surface area contributed by atoms with Gasteiger partial charge in [-0.15, -0.1) is 0 Å². The molecule has 1 heterocycles. The molecule has 1 aromatic rings. The number of anilines is 1. The summed E-state index contributed by atoms with van der Waals surface area (Å²) in [6.45, 7) is 5.56. The van der Waals surface area contributed by atoms with Crippen LogP contribution in [0.1, 0.15) is 20.8 Å². The van der Waals surface area contributed by atoms with Gasteiger partial charge in [0.15, 0.2) is 0 Å². The van der Waals surface area contributed by atoms with Gasteiger partial charge in [0.2, 0.25) is 11.8 Å². The molecule has 0 radical (unpaired) electrons. The molecule has 0 aromatic heterocycles. The molecule has 1 aliphatic heterocycles. The van der Waals surface area contributed by atoms with Crippen molar-refractivity contribution in [1.29, 1.82) is 0 Å². The zero-order valence-electron chi connectivity index (χ0n) is 12.2. The SMILES string of the molecule is COc1cccc(N2C(=O)C(C)NC(=O)C2C(C)C)c1. The number of rotatable bonds is 3. The van der Waals surface area contributed by atoms with E-state index in [1.165, 1.54) is 0 Å². The van der Waals surface area contributed by atoms with Crippen molar-refractivity contribution in [3.8, 4) is 5.75 Å². The maximum Gasteiger partial charge on any atom is 0.250 e. The molecule has 1 aromatic carbocycles. The van der Waals surface area contributed by atoms with Gasteiger partial charge in [0, 0.05) is 11.8 Å². The summed E-state index contributed by atoms with van der Waals surface area (Å²) in [7, 11) is 1.58. The molecule has 2 atom stereocenters. The van der Waals surface area contributed by atoms with Crippen molar-refractivity contribution in [2.45, 2.75) is 32.9 Å². The summed E-state index contributed by atoms with van der Waals surface area (Å²) in [5, 5.41) is 2.73. The van der Waals surface area contributed by atoms with E-state index in [9.17, 15) is 9.59 Å². The summed E-state index contributed by atoms with van der Waals surface area (Å²) >= 11 is 0. The molecule has 5 nitrogen and oxygen atoms in total. The molecule has 1 saturated heterocycles. The van der Waals surface area contributed by atoms with Gasteiger partial charge in [-0.2, -0.15) is 0 Å². The minimum atomic E-state index is -0.510. The molecule has 0 spiro atoms. The van der Waals surface area contributed by atoms with Crippen molar-refractivity contribution in [1.82, 2.24) is 5.32 Å². The van der Waals surface area contributed by atoms with Gasteiger partial charge in [0.25, 0.3) is 0 Å². The Morgan fingerprint density at radius 2 is 2.00 bits per heavy atom. The minimum Gasteiger partial charge on any atom is -0.497 e. The number of hydrogen-bond acceptors (Lipinski definition) is 3. The Balaban J connectivity index is 2.46. The van der Waals surface area contributed by atoms with Gasteiger partial charge in [0.1, 0.15) is 17.8 Å². The van der Waals surface area contributed by atoms with Crippen molar-refractivity contribution in [3.05, 3.63) is 24.3 Å². The molecule has 5 heteroatoms. The minimum absolute atomic E-state index is 0.0256. The molecule has 1 N–H and O–H groups in total. The van der Waals surface area contributed by atoms with Gasteiger partial charge in [0.05, 0.1) is 7.11 Å². The second-order valence-electron chi connectivity index (χ2n) is 5.33. The average molecular weight is 276 g/mol. The zero-order chi connectivity index (χ0) is 14.9. The maximum atomic E-state index is 12.5. The fourth-order valence-corrected chi connectivity index (χ4v) is 2.47. The Kier molecular flexibility index (Phi) is 3.97. The molecular formula is C15H20N2O3. The van der Waals surface area contributed by atoms with Crippen LogP contribution < -0.4 is 15.0 Å². The molecule has 1 aliphatic rings. The standard InChI is InChI=1S/C15H20N2O3/c1-9(2)13-14(18)16-10(3)15(19)17(13)11-6-5-7-12(8-11)20-4/h5-10,13H,1-4H3,(H,16,18). The highest BCUT2D eigenvalue weighted by Crippen LogP contribution is 2.28. The predicted octanol–water partition coefficient (Wildman–Crippen LogP) is 1.57. The lowest BCUT2D eigenvalue weighted by molar-refractivity contribution is -0.134. The summed E-state index contributed by atoms with van der Waals surface area (Å²) in [5.41, 5.74) is 0.690. The Bertz CT molecular complexity index is 528. The van der Waals surface area contributed by atoms with Crippen LogP contribution in [-0.2, 0) is 9.59 Å². The first kappa shape index (κ1) is 14.4. The third kappa shape index (κ3) is 2.48. The Morgan fingerprint density at radius 3 is 2.60 bits per heavy atom. The van der Waals surface area contributed by atoms with Crippen LogP contribution in [0.2, 0.25) is 0 Å². The number of nitrogens with one attached hydrogen (secondary N) is 1. The molecule has 0 aliphatic carbocycles. The molecule has 2 amide bonds. The molecule has 0 saturated carbocycles. The quantitative estimate of drug-likeness (QED) is 0.911. The van der Waals surface area contributed by atoms with Crippen LogP contribution in [0.15, 0.2) is 24.3 Å². The zero-order valence-corrected chi connectivity index (χ0v) is 12.2. The van der Waals surface area contributed by atoms with Crippen LogP contribution in [-0.4, -0.2) is 31.0 Å². The predicted molar refractivity (Wildman–Crippen MR) is 76.7 cm³/mol. The fraction of sp³-hybridized carbons (Fsp3) is 0.467. The summed E-state index contributed by atoms with van der Waals surface area (Å²) in [6.07, 6.45) is 0. The summed E-state index contributed by atoms with van der Waals surface area (Å²) in [5.74, 6) is 0.473. The lowest BCUT2D eigenvalue weighted by atomic mass is 9.96.